The number of anilines is 2. The van der Waals surface area contributed by atoms with Crippen LogP contribution in [0.2, 0.25) is 0 Å². The minimum Gasteiger partial charge on any atom is -0.394 e. The third kappa shape index (κ3) is 4.12. The van der Waals surface area contributed by atoms with Gasteiger partial charge in [0.05, 0.1) is 12.6 Å². The lowest BCUT2D eigenvalue weighted by Gasteiger charge is -2.21. The number of hydrogen-bond donors (Lipinski definition) is 4. The van der Waals surface area contributed by atoms with Crippen molar-refractivity contribution in [2.24, 2.45) is 11.8 Å². The van der Waals surface area contributed by atoms with Crippen molar-refractivity contribution >= 4 is 11.6 Å². The highest BCUT2D eigenvalue weighted by Crippen LogP contribution is 2.15. The number of rotatable bonds is 7. The fourth-order valence-corrected chi connectivity index (χ4v) is 1.59. The molecule has 0 spiro atoms. The van der Waals surface area contributed by atoms with E-state index in [0.29, 0.717) is 17.6 Å². The smallest absolute Gasteiger partial charge is 0.145 e. The number of aryl methyl sites for hydroxylation is 1. The first kappa shape index (κ1) is 14.7. The molecule has 0 radical (unpaired) electrons. The van der Waals surface area contributed by atoms with Crippen LogP contribution >= 0.6 is 0 Å². The van der Waals surface area contributed by atoms with Crippen LogP contribution in [0.25, 0.3) is 0 Å². The van der Waals surface area contributed by atoms with Crippen LogP contribution < -0.4 is 16.6 Å². The molecular weight excluding hydrogens is 230 g/mol. The Morgan fingerprint density at radius 2 is 2.00 bits per heavy atom. The van der Waals surface area contributed by atoms with Crippen molar-refractivity contribution in [2.75, 3.05) is 17.3 Å². The predicted octanol–water partition coefficient (Wildman–Crippen LogP) is 1.14. The summed E-state index contributed by atoms with van der Waals surface area (Å²) in [6.07, 6.45) is 1.77. The molecule has 1 aromatic heterocycles. The van der Waals surface area contributed by atoms with Crippen molar-refractivity contribution in [3.63, 3.8) is 0 Å². The molecule has 0 bridgehead atoms. The van der Waals surface area contributed by atoms with Crippen LogP contribution in [0.5, 0.6) is 0 Å². The zero-order valence-electron chi connectivity index (χ0n) is 11.3. The first-order chi connectivity index (χ1) is 8.60. The van der Waals surface area contributed by atoms with Crippen molar-refractivity contribution < 1.29 is 5.11 Å². The lowest BCUT2D eigenvalue weighted by molar-refractivity contribution is 0.249. The van der Waals surface area contributed by atoms with Gasteiger partial charge in [0.1, 0.15) is 17.5 Å². The van der Waals surface area contributed by atoms with Gasteiger partial charge in [-0.3, -0.25) is 0 Å². The number of nitrogens with one attached hydrogen (secondary N) is 2. The van der Waals surface area contributed by atoms with Gasteiger partial charge in [-0.2, -0.15) is 0 Å². The topological polar surface area (TPSA) is 96.1 Å². The zero-order chi connectivity index (χ0) is 13.5. The molecule has 1 rings (SSSR count). The molecule has 1 aromatic rings. The summed E-state index contributed by atoms with van der Waals surface area (Å²) in [7, 11) is 0. The summed E-state index contributed by atoms with van der Waals surface area (Å²) in [5.74, 6) is 7.72. The summed E-state index contributed by atoms with van der Waals surface area (Å²) in [5.41, 5.74) is 2.53. The number of nitrogens with zero attached hydrogens (tertiary/aromatic N) is 2. The van der Waals surface area contributed by atoms with Gasteiger partial charge in [-0.15, -0.1) is 0 Å². The van der Waals surface area contributed by atoms with Gasteiger partial charge in [0.2, 0.25) is 0 Å². The zero-order valence-corrected chi connectivity index (χ0v) is 11.3. The van der Waals surface area contributed by atoms with Gasteiger partial charge in [-0.1, -0.05) is 20.8 Å². The number of nitrogen functional groups attached to an aromatic ring is 1. The van der Waals surface area contributed by atoms with Gasteiger partial charge >= 0.3 is 0 Å². The van der Waals surface area contributed by atoms with Gasteiger partial charge in [0.25, 0.3) is 0 Å². The molecule has 0 saturated carbocycles. The van der Waals surface area contributed by atoms with Gasteiger partial charge in [-0.05, 0) is 12.3 Å². The summed E-state index contributed by atoms with van der Waals surface area (Å²) >= 11 is 0. The minimum absolute atomic E-state index is 0.0278. The van der Waals surface area contributed by atoms with Gasteiger partial charge in [0.15, 0.2) is 0 Å². The first-order valence-corrected chi connectivity index (χ1v) is 6.32. The summed E-state index contributed by atoms with van der Waals surface area (Å²) < 4.78 is 0. The highest BCUT2D eigenvalue weighted by atomic mass is 16.3. The molecule has 0 aliphatic heterocycles. The molecule has 0 amide bonds. The van der Waals surface area contributed by atoms with Crippen molar-refractivity contribution in [1.82, 2.24) is 9.97 Å². The molecule has 18 heavy (non-hydrogen) atoms. The van der Waals surface area contributed by atoms with Crippen LogP contribution in [-0.4, -0.2) is 27.7 Å². The maximum atomic E-state index is 9.31. The van der Waals surface area contributed by atoms with E-state index in [0.717, 1.165) is 18.7 Å². The summed E-state index contributed by atoms with van der Waals surface area (Å²) in [4.78, 5) is 8.68. The van der Waals surface area contributed by atoms with Crippen molar-refractivity contribution in [3.8, 4) is 0 Å². The minimum atomic E-state index is -0.0278. The molecule has 0 aromatic carbocycles. The standard InChI is InChI=1S/C12H23N5O/c1-4-5-10-15-11(6-12(16-10)17-13)14-9(7-18)8(2)3/h6,8-9,18H,4-5,7,13H2,1-3H3,(H2,14,15,16,17). The van der Waals surface area contributed by atoms with Crippen LogP contribution in [0.15, 0.2) is 6.07 Å². The molecule has 0 aliphatic carbocycles. The van der Waals surface area contributed by atoms with E-state index in [1.54, 1.807) is 6.07 Å². The second kappa shape index (κ2) is 7.13. The molecule has 0 aliphatic rings. The quantitative estimate of drug-likeness (QED) is 0.430. The third-order valence-electron chi connectivity index (χ3n) is 2.73. The van der Waals surface area contributed by atoms with Gasteiger partial charge in [0, 0.05) is 12.5 Å². The largest absolute Gasteiger partial charge is 0.394 e. The second-order valence-corrected chi connectivity index (χ2v) is 4.63. The Balaban J connectivity index is 2.89. The van der Waals surface area contributed by atoms with Crippen LogP contribution in [0, 0.1) is 5.92 Å². The van der Waals surface area contributed by atoms with E-state index < -0.39 is 0 Å². The highest BCUT2D eigenvalue weighted by molar-refractivity contribution is 5.47. The SMILES string of the molecule is CCCc1nc(NN)cc(NC(CO)C(C)C)n1. The van der Waals surface area contributed by atoms with Crippen molar-refractivity contribution in [2.45, 2.75) is 39.7 Å². The Bertz CT molecular complexity index is 369. The van der Waals surface area contributed by atoms with E-state index >= 15 is 0 Å². The number of nitrogens with two attached hydrogens (primary N) is 1. The van der Waals surface area contributed by atoms with E-state index in [1.807, 2.05) is 13.8 Å². The number of hydrogen-bond acceptors (Lipinski definition) is 6. The number of aliphatic hydroxyl groups is 1. The lowest BCUT2D eigenvalue weighted by Crippen LogP contribution is -2.30. The molecule has 5 N–H and O–H groups in total. The van der Waals surface area contributed by atoms with Crippen molar-refractivity contribution in [1.29, 1.82) is 0 Å². The van der Waals surface area contributed by atoms with E-state index in [4.69, 9.17) is 5.84 Å². The third-order valence-corrected chi connectivity index (χ3v) is 2.73. The van der Waals surface area contributed by atoms with E-state index in [2.05, 4.69) is 27.6 Å². The van der Waals surface area contributed by atoms with Gasteiger partial charge < -0.3 is 15.8 Å². The van der Waals surface area contributed by atoms with Crippen LogP contribution in [0.3, 0.4) is 0 Å². The van der Waals surface area contributed by atoms with Crippen LogP contribution in [0.4, 0.5) is 11.6 Å². The monoisotopic (exact) mass is 253 g/mol. The number of aliphatic hydroxyl groups excluding tert-OH is 1. The normalized spacial score (nSPS) is 12.6. The molecule has 1 atom stereocenters. The van der Waals surface area contributed by atoms with Crippen molar-refractivity contribution in [3.05, 3.63) is 11.9 Å². The summed E-state index contributed by atoms with van der Waals surface area (Å²) in [6.45, 7) is 6.23. The summed E-state index contributed by atoms with van der Waals surface area (Å²) in [6, 6.07) is 1.71. The Hall–Kier alpha value is -1.40. The maximum Gasteiger partial charge on any atom is 0.145 e. The number of aromatic nitrogens is 2. The molecule has 0 saturated heterocycles. The van der Waals surface area contributed by atoms with Gasteiger partial charge in [-0.25, -0.2) is 15.8 Å². The Morgan fingerprint density at radius 3 is 2.50 bits per heavy atom. The highest BCUT2D eigenvalue weighted by Gasteiger charge is 2.13. The van der Waals surface area contributed by atoms with Crippen LogP contribution in [0.1, 0.15) is 33.0 Å². The molecule has 6 heteroatoms. The predicted molar refractivity (Wildman–Crippen MR) is 73.2 cm³/mol. The molecule has 0 fully saturated rings. The van der Waals surface area contributed by atoms with Crippen LogP contribution in [-0.2, 0) is 6.42 Å². The average molecular weight is 253 g/mol. The Labute approximate surface area is 108 Å². The molecule has 1 heterocycles. The fraction of sp³-hybridized carbons (Fsp3) is 0.667. The Morgan fingerprint density at radius 1 is 1.33 bits per heavy atom. The molecule has 6 nitrogen and oxygen atoms in total. The average Bonchev–Trinajstić information content (AvgIpc) is 2.35. The second-order valence-electron chi connectivity index (χ2n) is 4.63. The van der Waals surface area contributed by atoms with E-state index in [1.165, 1.54) is 0 Å². The fourth-order valence-electron chi connectivity index (χ4n) is 1.59. The number of hydrazine groups is 1. The summed E-state index contributed by atoms with van der Waals surface area (Å²) in [5, 5.41) is 12.5. The first-order valence-electron chi connectivity index (χ1n) is 6.32. The molecular formula is C12H23N5O. The Kier molecular flexibility index (Phi) is 5.80. The lowest BCUT2D eigenvalue weighted by atomic mass is 10.1. The van der Waals surface area contributed by atoms with E-state index in [9.17, 15) is 5.11 Å². The molecule has 102 valence electrons. The van der Waals surface area contributed by atoms with E-state index in [-0.39, 0.29) is 12.6 Å². The maximum absolute atomic E-state index is 9.31. The molecule has 1 unspecified atom stereocenters.